The Balaban J connectivity index is 1.61. The third-order valence-electron chi connectivity index (χ3n) is 6.01. The SMILES string of the molecule is C[C@H](NCC[C@H](Cc1ccccc1)[C@H]1CCOC(C)(C)C1)c1ccccc1. The van der Waals surface area contributed by atoms with Crippen molar-refractivity contribution in [1.29, 1.82) is 0 Å². The maximum absolute atomic E-state index is 5.98. The highest BCUT2D eigenvalue weighted by Gasteiger charge is 2.33. The van der Waals surface area contributed by atoms with E-state index in [2.05, 4.69) is 86.8 Å². The van der Waals surface area contributed by atoms with Crippen molar-refractivity contribution in [2.24, 2.45) is 11.8 Å². The number of benzene rings is 2. The van der Waals surface area contributed by atoms with Crippen molar-refractivity contribution in [3.63, 3.8) is 0 Å². The first kappa shape index (κ1) is 20.1. The minimum atomic E-state index is 0.0165. The van der Waals surface area contributed by atoms with E-state index in [9.17, 15) is 0 Å². The summed E-state index contributed by atoms with van der Waals surface area (Å²) in [7, 11) is 0. The smallest absolute Gasteiger partial charge is 0.0629 e. The lowest BCUT2D eigenvalue weighted by Gasteiger charge is -2.39. The Labute approximate surface area is 165 Å². The number of nitrogens with one attached hydrogen (secondary N) is 1. The van der Waals surface area contributed by atoms with Gasteiger partial charge in [0.15, 0.2) is 0 Å². The summed E-state index contributed by atoms with van der Waals surface area (Å²) in [4.78, 5) is 0. The Morgan fingerprint density at radius 2 is 1.70 bits per heavy atom. The fourth-order valence-electron chi connectivity index (χ4n) is 4.45. The first-order valence-corrected chi connectivity index (χ1v) is 10.5. The van der Waals surface area contributed by atoms with Crippen LogP contribution in [0, 0.1) is 11.8 Å². The predicted octanol–water partition coefficient (Wildman–Crippen LogP) is 5.79. The molecule has 1 aliphatic heterocycles. The summed E-state index contributed by atoms with van der Waals surface area (Å²) < 4.78 is 5.98. The van der Waals surface area contributed by atoms with E-state index in [0.29, 0.717) is 12.0 Å². The first-order chi connectivity index (χ1) is 13.0. The quantitative estimate of drug-likeness (QED) is 0.639. The van der Waals surface area contributed by atoms with E-state index in [1.165, 1.54) is 36.8 Å². The van der Waals surface area contributed by atoms with Crippen LogP contribution in [-0.4, -0.2) is 18.8 Å². The molecule has 2 aromatic carbocycles. The number of rotatable bonds is 8. The van der Waals surface area contributed by atoms with Gasteiger partial charge in [0.1, 0.15) is 0 Å². The molecule has 1 N–H and O–H groups in total. The molecule has 1 aliphatic rings. The van der Waals surface area contributed by atoms with E-state index in [1.807, 2.05) is 0 Å². The maximum Gasteiger partial charge on any atom is 0.0629 e. The summed E-state index contributed by atoms with van der Waals surface area (Å²) in [5.41, 5.74) is 2.84. The highest BCUT2D eigenvalue weighted by molar-refractivity contribution is 5.18. The van der Waals surface area contributed by atoms with Gasteiger partial charge >= 0.3 is 0 Å². The fourth-order valence-corrected chi connectivity index (χ4v) is 4.45. The Hall–Kier alpha value is -1.64. The summed E-state index contributed by atoms with van der Waals surface area (Å²) in [6.07, 6.45) is 4.74. The van der Waals surface area contributed by atoms with E-state index in [-0.39, 0.29) is 5.60 Å². The molecule has 146 valence electrons. The summed E-state index contributed by atoms with van der Waals surface area (Å²) in [6, 6.07) is 22.1. The van der Waals surface area contributed by atoms with Crippen molar-refractivity contribution in [2.45, 2.75) is 58.1 Å². The van der Waals surface area contributed by atoms with Crippen molar-refractivity contribution in [1.82, 2.24) is 5.32 Å². The van der Waals surface area contributed by atoms with Crippen LogP contribution in [0.5, 0.6) is 0 Å². The normalized spacial score (nSPS) is 21.5. The van der Waals surface area contributed by atoms with E-state index < -0.39 is 0 Å². The van der Waals surface area contributed by atoms with Crippen LogP contribution >= 0.6 is 0 Å². The second kappa shape index (κ2) is 9.52. The molecular formula is C25H35NO. The van der Waals surface area contributed by atoms with Crippen LogP contribution in [0.25, 0.3) is 0 Å². The Bertz CT molecular complexity index is 667. The maximum atomic E-state index is 5.98. The van der Waals surface area contributed by atoms with Gasteiger partial charge in [0.25, 0.3) is 0 Å². The summed E-state index contributed by atoms with van der Waals surface area (Å²) in [5.74, 6) is 1.44. The van der Waals surface area contributed by atoms with Crippen LogP contribution in [0.3, 0.4) is 0 Å². The van der Waals surface area contributed by atoms with Gasteiger partial charge in [-0.1, -0.05) is 60.7 Å². The molecule has 1 heterocycles. The lowest BCUT2D eigenvalue weighted by Crippen LogP contribution is -2.38. The average molecular weight is 366 g/mol. The standard InChI is InChI=1S/C25H35NO/c1-20(22-12-8-5-9-13-22)26-16-14-23(18-21-10-6-4-7-11-21)24-15-17-27-25(2,3)19-24/h4-13,20,23-24,26H,14-19H2,1-3H3/t20-,23+,24-/m0/s1. The van der Waals surface area contributed by atoms with Crippen molar-refractivity contribution in [2.75, 3.05) is 13.2 Å². The Morgan fingerprint density at radius 1 is 1.04 bits per heavy atom. The monoisotopic (exact) mass is 365 g/mol. The highest BCUT2D eigenvalue weighted by Crippen LogP contribution is 2.36. The zero-order valence-corrected chi connectivity index (χ0v) is 17.2. The molecule has 0 radical (unpaired) electrons. The van der Waals surface area contributed by atoms with Gasteiger partial charge in [0.2, 0.25) is 0 Å². The molecule has 1 fully saturated rings. The molecule has 1 saturated heterocycles. The molecule has 3 rings (SSSR count). The van der Waals surface area contributed by atoms with Crippen LogP contribution in [0.2, 0.25) is 0 Å². The molecule has 27 heavy (non-hydrogen) atoms. The summed E-state index contributed by atoms with van der Waals surface area (Å²) in [6.45, 7) is 8.71. The Kier molecular flexibility index (Phi) is 7.09. The molecule has 2 aromatic rings. The topological polar surface area (TPSA) is 21.3 Å². The minimum Gasteiger partial charge on any atom is -0.376 e. The molecule has 2 nitrogen and oxygen atoms in total. The number of ether oxygens (including phenoxy) is 1. The molecule has 0 aromatic heterocycles. The molecule has 0 spiro atoms. The van der Waals surface area contributed by atoms with E-state index in [4.69, 9.17) is 4.74 Å². The lowest BCUT2D eigenvalue weighted by atomic mass is 9.75. The molecule has 2 heteroatoms. The molecule has 0 unspecified atom stereocenters. The van der Waals surface area contributed by atoms with Gasteiger partial charge in [-0.3, -0.25) is 0 Å². The van der Waals surface area contributed by atoms with Crippen molar-refractivity contribution in [3.05, 3.63) is 71.8 Å². The lowest BCUT2D eigenvalue weighted by molar-refractivity contribution is -0.0830. The molecule has 3 atom stereocenters. The summed E-state index contributed by atoms with van der Waals surface area (Å²) >= 11 is 0. The number of hydrogen-bond acceptors (Lipinski definition) is 2. The van der Waals surface area contributed by atoms with E-state index >= 15 is 0 Å². The third kappa shape index (κ3) is 6.19. The van der Waals surface area contributed by atoms with Gasteiger partial charge in [-0.15, -0.1) is 0 Å². The molecule has 0 saturated carbocycles. The Morgan fingerprint density at radius 3 is 2.37 bits per heavy atom. The third-order valence-corrected chi connectivity index (χ3v) is 6.01. The van der Waals surface area contributed by atoms with Gasteiger partial charge in [-0.25, -0.2) is 0 Å². The van der Waals surface area contributed by atoms with Crippen LogP contribution in [-0.2, 0) is 11.2 Å². The zero-order chi connectivity index (χ0) is 19.1. The van der Waals surface area contributed by atoms with E-state index in [1.54, 1.807) is 0 Å². The van der Waals surface area contributed by atoms with Gasteiger partial charge in [0, 0.05) is 12.6 Å². The zero-order valence-electron chi connectivity index (χ0n) is 17.2. The molecule has 0 amide bonds. The van der Waals surface area contributed by atoms with Crippen LogP contribution in [0.1, 0.15) is 57.2 Å². The van der Waals surface area contributed by atoms with Gasteiger partial charge in [-0.2, -0.15) is 0 Å². The largest absolute Gasteiger partial charge is 0.376 e. The minimum absolute atomic E-state index is 0.0165. The van der Waals surface area contributed by atoms with Crippen molar-refractivity contribution in [3.8, 4) is 0 Å². The second-order valence-corrected chi connectivity index (χ2v) is 8.69. The molecular weight excluding hydrogens is 330 g/mol. The molecule has 0 aliphatic carbocycles. The van der Waals surface area contributed by atoms with Crippen LogP contribution in [0.4, 0.5) is 0 Å². The predicted molar refractivity (Wildman–Crippen MR) is 114 cm³/mol. The molecule has 0 bridgehead atoms. The van der Waals surface area contributed by atoms with E-state index in [0.717, 1.165) is 19.1 Å². The number of hydrogen-bond donors (Lipinski definition) is 1. The highest BCUT2D eigenvalue weighted by atomic mass is 16.5. The van der Waals surface area contributed by atoms with Crippen LogP contribution in [0.15, 0.2) is 60.7 Å². The summed E-state index contributed by atoms with van der Waals surface area (Å²) in [5, 5.41) is 3.74. The van der Waals surface area contributed by atoms with Gasteiger partial charge in [0.05, 0.1) is 5.60 Å². The van der Waals surface area contributed by atoms with Gasteiger partial charge < -0.3 is 10.1 Å². The van der Waals surface area contributed by atoms with Crippen molar-refractivity contribution >= 4 is 0 Å². The first-order valence-electron chi connectivity index (χ1n) is 10.5. The average Bonchev–Trinajstić information content (AvgIpc) is 2.68. The second-order valence-electron chi connectivity index (χ2n) is 8.69. The van der Waals surface area contributed by atoms with Gasteiger partial charge in [-0.05, 0) is 76.0 Å². The van der Waals surface area contributed by atoms with Crippen molar-refractivity contribution < 1.29 is 4.74 Å². The fraction of sp³-hybridized carbons (Fsp3) is 0.520. The van der Waals surface area contributed by atoms with Crippen LogP contribution < -0.4 is 5.32 Å².